The van der Waals surface area contributed by atoms with Gasteiger partial charge in [0.2, 0.25) is 17.6 Å². The van der Waals surface area contributed by atoms with Gasteiger partial charge in [-0.15, -0.1) is 11.8 Å². The van der Waals surface area contributed by atoms with Gasteiger partial charge >= 0.3 is 0 Å². The van der Waals surface area contributed by atoms with Crippen molar-refractivity contribution in [2.45, 2.75) is 12.3 Å². The Morgan fingerprint density at radius 2 is 2.03 bits per heavy atom. The second kappa shape index (κ2) is 9.92. The summed E-state index contributed by atoms with van der Waals surface area (Å²) < 4.78 is 29.3. The third kappa shape index (κ3) is 5.47. The van der Waals surface area contributed by atoms with Crippen molar-refractivity contribution >= 4 is 17.7 Å². The highest BCUT2D eigenvalue weighted by Gasteiger charge is 2.15. The predicted molar refractivity (Wildman–Crippen MR) is 107 cm³/mol. The molecule has 1 N–H and O–H groups in total. The molecule has 0 unspecified atom stereocenters. The molecule has 0 saturated heterocycles. The van der Waals surface area contributed by atoms with E-state index in [0.717, 1.165) is 0 Å². The molecule has 152 valence electrons. The van der Waals surface area contributed by atoms with E-state index < -0.39 is 0 Å². The highest BCUT2D eigenvalue weighted by molar-refractivity contribution is 7.99. The van der Waals surface area contributed by atoms with Crippen molar-refractivity contribution in [1.29, 1.82) is 0 Å². The SMILES string of the molecule is COc1ccc(-c2noc(CNC(=O)CSCc3ccccc3F)n2)c(OC)c1. The van der Waals surface area contributed by atoms with Gasteiger partial charge in [0.25, 0.3) is 0 Å². The molecule has 0 bridgehead atoms. The molecule has 3 aromatic rings. The van der Waals surface area contributed by atoms with E-state index in [9.17, 15) is 9.18 Å². The Hall–Kier alpha value is -3.07. The lowest BCUT2D eigenvalue weighted by Crippen LogP contribution is -2.24. The van der Waals surface area contributed by atoms with Crippen LogP contribution in [0.25, 0.3) is 11.4 Å². The van der Waals surface area contributed by atoms with E-state index in [0.29, 0.717) is 34.2 Å². The van der Waals surface area contributed by atoms with Crippen LogP contribution < -0.4 is 14.8 Å². The average Bonchev–Trinajstić information content (AvgIpc) is 3.22. The number of carbonyl (C=O) groups is 1. The highest BCUT2D eigenvalue weighted by atomic mass is 32.2. The van der Waals surface area contributed by atoms with Crippen LogP contribution >= 0.6 is 11.8 Å². The zero-order chi connectivity index (χ0) is 20.6. The van der Waals surface area contributed by atoms with Crippen LogP contribution in [0.5, 0.6) is 11.5 Å². The van der Waals surface area contributed by atoms with Gasteiger partial charge in [-0.2, -0.15) is 4.98 Å². The van der Waals surface area contributed by atoms with Crippen molar-refractivity contribution in [3.8, 4) is 22.9 Å². The van der Waals surface area contributed by atoms with Gasteiger partial charge in [0.1, 0.15) is 17.3 Å². The first kappa shape index (κ1) is 20.7. The Balaban J connectivity index is 1.51. The highest BCUT2D eigenvalue weighted by Crippen LogP contribution is 2.31. The number of nitrogens with one attached hydrogen (secondary N) is 1. The molecule has 9 heteroatoms. The van der Waals surface area contributed by atoms with Gasteiger partial charge in [-0.05, 0) is 23.8 Å². The molecule has 1 heterocycles. The maximum Gasteiger partial charge on any atom is 0.246 e. The molecule has 0 atom stereocenters. The van der Waals surface area contributed by atoms with Crippen molar-refractivity contribution < 1.29 is 23.2 Å². The zero-order valence-electron chi connectivity index (χ0n) is 16.0. The molecule has 0 aliphatic rings. The van der Waals surface area contributed by atoms with E-state index in [4.69, 9.17) is 14.0 Å². The Labute approximate surface area is 171 Å². The summed E-state index contributed by atoms with van der Waals surface area (Å²) in [6, 6.07) is 11.8. The maximum absolute atomic E-state index is 13.6. The molecule has 29 heavy (non-hydrogen) atoms. The van der Waals surface area contributed by atoms with Gasteiger partial charge in [0, 0.05) is 11.8 Å². The van der Waals surface area contributed by atoms with Crippen LogP contribution in [0, 0.1) is 5.82 Å². The number of benzene rings is 2. The van der Waals surface area contributed by atoms with Crippen LogP contribution in [0.2, 0.25) is 0 Å². The number of aromatic nitrogens is 2. The van der Waals surface area contributed by atoms with E-state index in [2.05, 4.69) is 15.5 Å². The fraction of sp³-hybridized carbons (Fsp3) is 0.250. The number of rotatable bonds is 9. The number of halogens is 1. The number of amides is 1. The molecule has 0 saturated carbocycles. The van der Waals surface area contributed by atoms with Gasteiger partial charge in [-0.3, -0.25) is 4.79 Å². The molecule has 7 nitrogen and oxygen atoms in total. The molecule has 0 fully saturated rings. The summed E-state index contributed by atoms with van der Waals surface area (Å²) in [4.78, 5) is 16.3. The summed E-state index contributed by atoms with van der Waals surface area (Å²) >= 11 is 1.33. The van der Waals surface area contributed by atoms with E-state index in [-0.39, 0.29) is 29.9 Å². The quantitative estimate of drug-likeness (QED) is 0.571. The van der Waals surface area contributed by atoms with Crippen LogP contribution in [0.15, 0.2) is 47.0 Å². The number of hydrogen-bond acceptors (Lipinski definition) is 7. The smallest absolute Gasteiger partial charge is 0.246 e. The van der Waals surface area contributed by atoms with Gasteiger partial charge < -0.3 is 19.3 Å². The topological polar surface area (TPSA) is 86.5 Å². The second-order valence-corrected chi connectivity index (χ2v) is 6.92. The standard InChI is InChI=1S/C20H20FN3O4S/c1-26-14-7-8-15(17(9-14)27-2)20-23-19(28-24-20)10-22-18(25)12-29-11-13-5-3-4-6-16(13)21/h3-9H,10-12H2,1-2H3,(H,22,25). The number of ether oxygens (including phenoxy) is 2. The predicted octanol–water partition coefficient (Wildman–Crippen LogP) is 3.44. The number of hydrogen-bond donors (Lipinski definition) is 1. The van der Waals surface area contributed by atoms with Gasteiger partial charge in [-0.1, -0.05) is 23.4 Å². The lowest BCUT2D eigenvalue weighted by atomic mass is 10.2. The summed E-state index contributed by atoms with van der Waals surface area (Å²) in [7, 11) is 3.11. The third-order valence-corrected chi connectivity index (χ3v) is 4.98. The fourth-order valence-electron chi connectivity index (χ4n) is 2.51. The van der Waals surface area contributed by atoms with Crippen molar-refractivity contribution in [1.82, 2.24) is 15.5 Å². The molecule has 0 aliphatic heterocycles. The molecule has 1 amide bonds. The summed E-state index contributed by atoms with van der Waals surface area (Å²) in [6.07, 6.45) is 0. The van der Waals surface area contributed by atoms with E-state index in [1.807, 2.05) is 0 Å². The van der Waals surface area contributed by atoms with E-state index >= 15 is 0 Å². The van der Waals surface area contributed by atoms with Crippen LogP contribution in [0.1, 0.15) is 11.5 Å². The first-order valence-electron chi connectivity index (χ1n) is 8.73. The molecule has 3 rings (SSSR count). The van der Waals surface area contributed by atoms with Crippen molar-refractivity contribution in [2.24, 2.45) is 0 Å². The lowest BCUT2D eigenvalue weighted by molar-refractivity contribution is -0.118. The van der Waals surface area contributed by atoms with Crippen molar-refractivity contribution in [3.63, 3.8) is 0 Å². The number of carbonyl (C=O) groups excluding carboxylic acids is 1. The minimum atomic E-state index is -0.271. The summed E-state index contributed by atoms with van der Waals surface area (Å²) in [5.74, 6) is 1.96. The van der Waals surface area contributed by atoms with Crippen LogP contribution in [-0.2, 0) is 17.1 Å². The molecule has 1 aromatic heterocycles. The number of methoxy groups -OCH3 is 2. The minimum Gasteiger partial charge on any atom is -0.497 e. The minimum absolute atomic E-state index is 0.102. The monoisotopic (exact) mass is 417 g/mol. The number of thioether (sulfide) groups is 1. The number of nitrogens with zero attached hydrogens (tertiary/aromatic N) is 2. The Bertz CT molecular complexity index is 980. The first-order valence-corrected chi connectivity index (χ1v) is 9.89. The van der Waals surface area contributed by atoms with Crippen molar-refractivity contribution in [3.05, 3.63) is 59.7 Å². The maximum atomic E-state index is 13.6. The van der Waals surface area contributed by atoms with Crippen LogP contribution in [0.4, 0.5) is 4.39 Å². The van der Waals surface area contributed by atoms with Crippen LogP contribution in [-0.4, -0.2) is 36.0 Å². The van der Waals surface area contributed by atoms with E-state index in [1.54, 1.807) is 50.6 Å². The Morgan fingerprint density at radius 3 is 2.79 bits per heavy atom. The Kier molecular flexibility index (Phi) is 7.07. The average molecular weight is 417 g/mol. The first-order chi connectivity index (χ1) is 14.1. The molecule has 0 radical (unpaired) electrons. The Morgan fingerprint density at radius 1 is 1.21 bits per heavy atom. The summed E-state index contributed by atoms with van der Waals surface area (Å²) in [5.41, 5.74) is 1.22. The summed E-state index contributed by atoms with van der Waals surface area (Å²) in [5, 5.41) is 6.65. The third-order valence-electron chi connectivity index (χ3n) is 4.00. The molecular weight excluding hydrogens is 397 g/mol. The zero-order valence-corrected chi connectivity index (χ0v) is 16.8. The normalized spacial score (nSPS) is 10.6. The molecular formula is C20H20FN3O4S. The van der Waals surface area contributed by atoms with Crippen molar-refractivity contribution in [2.75, 3.05) is 20.0 Å². The van der Waals surface area contributed by atoms with Gasteiger partial charge in [0.05, 0.1) is 32.1 Å². The van der Waals surface area contributed by atoms with Gasteiger partial charge in [-0.25, -0.2) is 4.39 Å². The van der Waals surface area contributed by atoms with Crippen LogP contribution in [0.3, 0.4) is 0 Å². The lowest BCUT2D eigenvalue weighted by Gasteiger charge is -2.07. The largest absolute Gasteiger partial charge is 0.497 e. The van der Waals surface area contributed by atoms with E-state index in [1.165, 1.54) is 17.8 Å². The molecule has 0 aliphatic carbocycles. The molecule has 2 aromatic carbocycles. The summed E-state index contributed by atoms with van der Waals surface area (Å²) in [6.45, 7) is 0.102. The van der Waals surface area contributed by atoms with Gasteiger partial charge in [0.15, 0.2) is 0 Å². The molecule has 0 spiro atoms. The fourth-order valence-corrected chi connectivity index (χ4v) is 3.36. The second-order valence-electron chi connectivity index (χ2n) is 5.94.